The summed E-state index contributed by atoms with van der Waals surface area (Å²) in [7, 11) is 0. The summed E-state index contributed by atoms with van der Waals surface area (Å²) in [6.07, 6.45) is 0.528. The van der Waals surface area contributed by atoms with E-state index in [1.165, 1.54) is 11.1 Å². The Morgan fingerprint density at radius 3 is 2.84 bits per heavy atom. The number of halogens is 1. The zero-order chi connectivity index (χ0) is 13.1. The van der Waals surface area contributed by atoms with Crippen molar-refractivity contribution in [3.8, 4) is 0 Å². The fourth-order valence-electron chi connectivity index (χ4n) is 2.42. The minimum atomic E-state index is 0. The van der Waals surface area contributed by atoms with Crippen LogP contribution in [0.2, 0.25) is 0 Å². The van der Waals surface area contributed by atoms with Crippen molar-refractivity contribution in [2.24, 2.45) is 0 Å². The molecule has 0 spiro atoms. The van der Waals surface area contributed by atoms with Crippen molar-refractivity contribution >= 4 is 18.3 Å². The van der Waals surface area contributed by atoms with Crippen LogP contribution >= 0.6 is 12.4 Å². The molecule has 19 heavy (non-hydrogen) atoms. The largest absolute Gasteiger partial charge is 0.340 e. The van der Waals surface area contributed by atoms with Crippen LogP contribution in [0.3, 0.4) is 0 Å². The summed E-state index contributed by atoms with van der Waals surface area (Å²) in [6, 6.07) is 6.72. The molecule has 1 aliphatic heterocycles. The fourth-order valence-corrected chi connectivity index (χ4v) is 2.42. The molecule has 0 unspecified atom stereocenters. The van der Waals surface area contributed by atoms with Crippen molar-refractivity contribution in [3.05, 3.63) is 34.9 Å². The molecule has 0 saturated carbocycles. The van der Waals surface area contributed by atoms with E-state index in [1.54, 1.807) is 0 Å². The zero-order valence-corrected chi connectivity index (χ0v) is 12.7. The number of rotatable bonds is 2. The predicted molar refractivity (Wildman–Crippen MR) is 80.9 cm³/mol. The van der Waals surface area contributed by atoms with Gasteiger partial charge < -0.3 is 10.2 Å². The van der Waals surface area contributed by atoms with Gasteiger partial charge in [-0.1, -0.05) is 23.8 Å². The number of piperazine rings is 1. The van der Waals surface area contributed by atoms with Crippen LogP contribution in [0.5, 0.6) is 0 Å². The van der Waals surface area contributed by atoms with Crippen LogP contribution in [-0.2, 0) is 11.2 Å². The van der Waals surface area contributed by atoms with Gasteiger partial charge in [-0.05, 0) is 31.9 Å². The third-order valence-electron chi connectivity index (χ3n) is 3.57. The normalized spacial score (nSPS) is 18.9. The predicted octanol–water partition coefficient (Wildman–Crippen LogP) is 2.09. The number of amides is 1. The molecule has 1 N–H and O–H groups in total. The Bertz CT molecular complexity index is 448. The summed E-state index contributed by atoms with van der Waals surface area (Å²) in [5, 5.41) is 3.36. The standard InChI is InChI=1S/C15H22N2O.ClH/c1-11-4-5-12(2)14(8-11)9-15(18)17-7-6-16-13(3)10-17;/h4-5,8,13,16H,6-7,9-10H2,1-3H3;1H/t13-;/m1./s1. The van der Waals surface area contributed by atoms with Crippen molar-refractivity contribution in [1.29, 1.82) is 0 Å². The van der Waals surface area contributed by atoms with E-state index in [0.717, 1.165) is 25.2 Å². The van der Waals surface area contributed by atoms with Crippen molar-refractivity contribution in [1.82, 2.24) is 10.2 Å². The van der Waals surface area contributed by atoms with Crippen LogP contribution in [0.1, 0.15) is 23.6 Å². The maximum atomic E-state index is 12.3. The molecule has 1 aromatic carbocycles. The Kier molecular flexibility index (Phi) is 5.83. The smallest absolute Gasteiger partial charge is 0.227 e. The van der Waals surface area contributed by atoms with E-state index in [4.69, 9.17) is 0 Å². The Morgan fingerprint density at radius 2 is 2.16 bits per heavy atom. The molecule has 106 valence electrons. The second kappa shape index (κ2) is 6.92. The minimum Gasteiger partial charge on any atom is -0.340 e. The maximum Gasteiger partial charge on any atom is 0.227 e. The average Bonchev–Trinajstić information content (AvgIpc) is 2.34. The van der Waals surface area contributed by atoms with Gasteiger partial charge >= 0.3 is 0 Å². The fraction of sp³-hybridized carbons (Fsp3) is 0.533. The molecule has 0 aromatic heterocycles. The van der Waals surface area contributed by atoms with Gasteiger partial charge in [0.15, 0.2) is 0 Å². The second-order valence-corrected chi connectivity index (χ2v) is 5.30. The molecular formula is C15H23ClN2O. The molecule has 0 aliphatic carbocycles. The quantitative estimate of drug-likeness (QED) is 0.901. The first kappa shape index (κ1) is 16.0. The highest BCUT2D eigenvalue weighted by Gasteiger charge is 2.20. The van der Waals surface area contributed by atoms with Crippen LogP contribution in [0.4, 0.5) is 0 Å². The lowest BCUT2D eigenvalue weighted by molar-refractivity contribution is -0.131. The Hall–Kier alpha value is -1.06. The summed E-state index contributed by atoms with van der Waals surface area (Å²) < 4.78 is 0. The lowest BCUT2D eigenvalue weighted by atomic mass is 10.0. The van der Waals surface area contributed by atoms with Crippen molar-refractivity contribution < 1.29 is 4.79 Å². The van der Waals surface area contributed by atoms with Crippen molar-refractivity contribution in [2.75, 3.05) is 19.6 Å². The van der Waals surface area contributed by atoms with Crippen LogP contribution in [0.25, 0.3) is 0 Å². The van der Waals surface area contributed by atoms with E-state index in [-0.39, 0.29) is 18.3 Å². The van der Waals surface area contributed by atoms with E-state index in [2.05, 4.69) is 44.3 Å². The summed E-state index contributed by atoms with van der Waals surface area (Å²) in [5.74, 6) is 0.247. The van der Waals surface area contributed by atoms with E-state index in [0.29, 0.717) is 12.5 Å². The van der Waals surface area contributed by atoms with E-state index in [1.807, 2.05) is 4.90 Å². The Balaban J connectivity index is 0.00000180. The molecule has 1 aromatic rings. The molecule has 2 rings (SSSR count). The van der Waals surface area contributed by atoms with Gasteiger partial charge in [-0.2, -0.15) is 0 Å². The van der Waals surface area contributed by atoms with Gasteiger partial charge in [0.2, 0.25) is 5.91 Å². The van der Waals surface area contributed by atoms with Crippen LogP contribution in [-0.4, -0.2) is 36.5 Å². The van der Waals surface area contributed by atoms with Crippen LogP contribution in [0, 0.1) is 13.8 Å². The molecule has 1 amide bonds. The molecule has 1 heterocycles. The molecule has 3 nitrogen and oxygen atoms in total. The number of carbonyl (C=O) groups excluding carboxylic acids is 1. The number of hydrogen-bond acceptors (Lipinski definition) is 2. The SMILES string of the molecule is Cc1ccc(C)c(CC(=O)N2CCN[C@H](C)C2)c1.Cl. The maximum absolute atomic E-state index is 12.3. The van der Waals surface area contributed by atoms with Gasteiger partial charge in [-0.15, -0.1) is 12.4 Å². The van der Waals surface area contributed by atoms with Crippen LogP contribution < -0.4 is 5.32 Å². The number of aryl methyl sites for hydroxylation is 2. The summed E-state index contributed by atoms with van der Waals surface area (Å²) in [6.45, 7) is 8.82. The molecule has 1 saturated heterocycles. The van der Waals surface area contributed by atoms with Crippen LogP contribution in [0.15, 0.2) is 18.2 Å². The highest BCUT2D eigenvalue weighted by atomic mass is 35.5. The monoisotopic (exact) mass is 282 g/mol. The molecular weight excluding hydrogens is 260 g/mol. The topological polar surface area (TPSA) is 32.3 Å². The van der Waals surface area contributed by atoms with Gasteiger partial charge in [0.05, 0.1) is 6.42 Å². The van der Waals surface area contributed by atoms with E-state index < -0.39 is 0 Å². The highest BCUT2D eigenvalue weighted by Crippen LogP contribution is 2.13. The molecule has 1 aliphatic rings. The van der Waals surface area contributed by atoms with Gasteiger partial charge in [-0.25, -0.2) is 0 Å². The summed E-state index contributed by atoms with van der Waals surface area (Å²) >= 11 is 0. The van der Waals surface area contributed by atoms with E-state index >= 15 is 0 Å². The zero-order valence-electron chi connectivity index (χ0n) is 11.9. The number of hydrogen-bond donors (Lipinski definition) is 1. The van der Waals surface area contributed by atoms with Crippen molar-refractivity contribution in [2.45, 2.75) is 33.2 Å². The lowest BCUT2D eigenvalue weighted by Crippen LogP contribution is -2.51. The molecule has 1 fully saturated rings. The first-order valence-electron chi connectivity index (χ1n) is 6.63. The second-order valence-electron chi connectivity index (χ2n) is 5.30. The molecule has 0 radical (unpaired) electrons. The third kappa shape index (κ3) is 4.22. The molecule has 4 heteroatoms. The Morgan fingerprint density at radius 1 is 1.42 bits per heavy atom. The van der Waals surface area contributed by atoms with Crippen molar-refractivity contribution in [3.63, 3.8) is 0 Å². The highest BCUT2D eigenvalue weighted by molar-refractivity contribution is 5.85. The summed E-state index contributed by atoms with van der Waals surface area (Å²) in [4.78, 5) is 14.2. The Labute approximate surface area is 121 Å². The number of benzene rings is 1. The lowest BCUT2D eigenvalue weighted by Gasteiger charge is -2.32. The number of carbonyl (C=O) groups is 1. The minimum absolute atomic E-state index is 0. The number of nitrogens with zero attached hydrogens (tertiary/aromatic N) is 1. The van der Waals surface area contributed by atoms with Gasteiger partial charge in [0.1, 0.15) is 0 Å². The molecule has 1 atom stereocenters. The van der Waals surface area contributed by atoms with E-state index in [9.17, 15) is 4.79 Å². The van der Waals surface area contributed by atoms with Gasteiger partial charge in [0.25, 0.3) is 0 Å². The number of nitrogens with one attached hydrogen (secondary N) is 1. The molecule has 0 bridgehead atoms. The third-order valence-corrected chi connectivity index (χ3v) is 3.57. The van der Waals surface area contributed by atoms with Gasteiger partial charge in [-0.3, -0.25) is 4.79 Å². The average molecular weight is 283 g/mol. The summed E-state index contributed by atoms with van der Waals surface area (Å²) in [5.41, 5.74) is 3.58. The first-order chi connectivity index (χ1) is 8.56. The van der Waals surface area contributed by atoms with Gasteiger partial charge in [0, 0.05) is 25.7 Å². The first-order valence-corrected chi connectivity index (χ1v) is 6.63.